The minimum atomic E-state index is 0.0299. The van der Waals surface area contributed by atoms with Crippen LogP contribution in [0.2, 0.25) is 0 Å². The first-order chi connectivity index (χ1) is 11.2. The first-order valence-electron chi connectivity index (χ1n) is 7.51. The van der Waals surface area contributed by atoms with Crippen LogP contribution in [0.5, 0.6) is 0 Å². The summed E-state index contributed by atoms with van der Waals surface area (Å²) in [6.45, 7) is 2.74. The summed E-state index contributed by atoms with van der Waals surface area (Å²) in [5.41, 5.74) is 3.17. The Morgan fingerprint density at radius 1 is 1.17 bits per heavy atom. The van der Waals surface area contributed by atoms with E-state index in [4.69, 9.17) is 0 Å². The van der Waals surface area contributed by atoms with Crippen molar-refractivity contribution in [1.82, 2.24) is 10.3 Å². The van der Waals surface area contributed by atoms with E-state index >= 15 is 0 Å². The predicted molar refractivity (Wildman–Crippen MR) is 97.0 cm³/mol. The van der Waals surface area contributed by atoms with Crippen LogP contribution >= 0.6 is 22.7 Å². The van der Waals surface area contributed by atoms with E-state index in [1.165, 1.54) is 10.4 Å². The van der Waals surface area contributed by atoms with Crippen LogP contribution in [0.25, 0.3) is 10.6 Å². The maximum Gasteiger partial charge on any atom is 0.226 e. The molecule has 5 heteroatoms. The highest BCUT2D eigenvalue weighted by Crippen LogP contribution is 2.24. The van der Waals surface area contributed by atoms with Crippen molar-refractivity contribution in [2.45, 2.75) is 19.8 Å². The number of nitrogens with zero attached hydrogens (tertiary/aromatic N) is 1. The lowest BCUT2D eigenvalue weighted by atomic mass is 10.2. The quantitative estimate of drug-likeness (QED) is 0.733. The Kier molecular flexibility index (Phi) is 5.20. The van der Waals surface area contributed by atoms with Gasteiger partial charge >= 0.3 is 0 Å². The second-order valence-electron chi connectivity index (χ2n) is 5.37. The molecule has 0 spiro atoms. The van der Waals surface area contributed by atoms with Gasteiger partial charge < -0.3 is 5.32 Å². The van der Waals surface area contributed by atoms with Crippen molar-refractivity contribution in [2.75, 3.05) is 6.54 Å². The molecule has 1 N–H and O–H groups in total. The lowest BCUT2D eigenvalue weighted by Crippen LogP contribution is -2.27. The van der Waals surface area contributed by atoms with Crippen LogP contribution in [0.15, 0.2) is 47.2 Å². The van der Waals surface area contributed by atoms with Crippen LogP contribution in [-0.4, -0.2) is 17.4 Å². The molecule has 3 aromatic rings. The summed E-state index contributed by atoms with van der Waals surface area (Å²) in [6.07, 6.45) is 1.22. The van der Waals surface area contributed by atoms with Crippen LogP contribution in [-0.2, 0) is 17.6 Å². The monoisotopic (exact) mass is 342 g/mol. The topological polar surface area (TPSA) is 42.0 Å². The van der Waals surface area contributed by atoms with Crippen molar-refractivity contribution in [2.24, 2.45) is 0 Å². The number of hydrogen-bond acceptors (Lipinski definition) is 4. The van der Waals surface area contributed by atoms with Crippen LogP contribution in [0.3, 0.4) is 0 Å². The summed E-state index contributed by atoms with van der Waals surface area (Å²) in [4.78, 5) is 17.8. The molecule has 23 heavy (non-hydrogen) atoms. The molecule has 0 saturated heterocycles. The molecule has 0 fully saturated rings. The molecular weight excluding hydrogens is 324 g/mol. The largest absolute Gasteiger partial charge is 0.355 e. The highest BCUT2D eigenvalue weighted by Gasteiger charge is 2.09. The van der Waals surface area contributed by atoms with E-state index in [0.29, 0.717) is 13.0 Å². The van der Waals surface area contributed by atoms with Crippen molar-refractivity contribution >= 4 is 28.6 Å². The highest BCUT2D eigenvalue weighted by atomic mass is 32.1. The van der Waals surface area contributed by atoms with Gasteiger partial charge in [-0.05, 0) is 24.8 Å². The number of hydrogen-bond donors (Lipinski definition) is 1. The molecule has 3 nitrogen and oxygen atoms in total. The molecule has 0 atom stereocenters. The zero-order valence-electron chi connectivity index (χ0n) is 12.9. The van der Waals surface area contributed by atoms with Gasteiger partial charge in [0.25, 0.3) is 0 Å². The van der Waals surface area contributed by atoms with E-state index in [0.717, 1.165) is 22.7 Å². The summed E-state index contributed by atoms with van der Waals surface area (Å²) in [5.74, 6) is 0.0299. The van der Waals surface area contributed by atoms with E-state index in [-0.39, 0.29) is 5.91 Å². The number of thiophene rings is 1. The molecule has 1 aromatic carbocycles. The number of aromatic nitrogens is 1. The van der Waals surface area contributed by atoms with Crippen LogP contribution in [0, 0.1) is 6.92 Å². The van der Waals surface area contributed by atoms with Crippen molar-refractivity contribution in [1.29, 1.82) is 0 Å². The Bertz CT molecular complexity index is 761. The number of nitrogens with one attached hydrogen (secondary N) is 1. The Balaban J connectivity index is 1.52. The second-order valence-corrected chi connectivity index (χ2v) is 7.26. The van der Waals surface area contributed by atoms with Crippen molar-refractivity contribution in [3.05, 3.63) is 63.3 Å². The van der Waals surface area contributed by atoms with Crippen LogP contribution in [0.1, 0.15) is 16.1 Å². The summed E-state index contributed by atoms with van der Waals surface area (Å²) < 4.78 is 0. The summed E-state index contributed by atoms with van der Waals surface area (Å²) >= 11 is 3.30. The smallest absolute Gasteiger partial charge is 0.226 e. The normalized spacial score (nSPS) is 10.7. The second kappa shape index (κ2) is 7.53. The third-order valence-electron chi connectivity index (χ3n) is 3.47. The molecule has 0 bridgehead atoms. The average Bonchev–Trinajstić information content (AvgIpc) is 3.20. The summed E-state index contributed by atoms with van der Waals surface area (Å²) in [5, 5.41) is 7.94. The fourth-order valence-corrected chi connectivity index (χ4v) is 3.76. The van der Waals surface area contributed by atoms with E-state index in [9.17, 15) is 4.79 Å². The molecule has 0 aliphatic heterocycles. The van der Waals surface area contributed by atoms with E-state index in [1.807, 2.05) is 11.4 Å². The maximum absolute atomic E-state index is 12.0. The van der Waals surface area contributed by atoms with E-state index in [1.54, 1.807) is 22.7 Å². The fraction of sp³-hybridized carbons (Fsp3) is 0.222. The van der Waals surface area contributed by atoms with E-state index < -0.39 is 0 Å². The van der Waals surface area contributed by atoms with Crippen LogP contribution in [0.4, 0.5) is 0 Å². The average molecular weight is 342 g/mol. The zero-order chi connectivity index (χ0) is 16.1. The zero-order valence-corrected chi connectivity index (χ0v) is 14.5. The van der Waals surface area contributed by atoms with Gasteiger partial charge in [-0.3, -0.25) is 4.79 Å². The number of amides is 1. The Morgan fingerprint density at radius 3 is 2.74 bits per heavy atom. The molecule has 0 unspecified atom stereocenters. The Hall–Kier alpha value is -1.98. The number of rotatable bonds is 6. The van der Waals surface area contributed by atoms with Gasteiger partial charge in [0, 0.05) is 22.4 Å². The fourth-order valence-electron chi connectivity index (χ4n) is 2.22. The number of aryl methyl sites for hydroxylation is 1. The third kappa shape index (κ3) is 4.50. The SMILES string of the molecule is Cc1ccc(-c2nc(CC(=O)NCCc3cccs3)cs2)cc1. The first-order valence-corrected chi connectivity index (χ1v) is 9.27. The molecule has 0 saturated carbocycles. The molecule has 118 valence electrons. The molecule has 0 radical (unpaired) electrons. The van der Waals surface area contributed by atoms with Gasteiger partial charge in [0.1, 0.15) is 5.01 Å². The van der Waals surface area contributed by atoms with Gasteiger partial charge in [-0.15, -0.1) is 22.7 Å². The predicted octanol–water partition coefficient (Wildman–Crippen LogP) is 4.08. The minimum Gasteiger partial charge on any atom is -0.355 e. The maximum atomic E-state index is 12.0. The molecule has 2 heterocycles. The third-order valence-corrected chi connectivity index (χ3v) is 5.34. The standard InChI is InChI=1S/C18H18N2OS2/c1-13-4-6-14(7-5-13)18-20-15(12-23-18)11-17(21)19-9-8-16-3-2-10-22-16/h2-7,10,12H,8-9,11H2,1H3,(H,19,21). The lowest BCUT2D eigenvalue weighted by Gasteiger charge is -2.02. The lowest BCUT2D eigenvalue weighted by molar-refractivity contribution is -0.120. The number of thiazole rings is 1. The van der Waals surface area contributed by atoms with Crippen molar-refractivity contribution < 1.29 is 4.79 Å². The van der Waals surface area contributed by atoms with Crippen molar-refractivity contribution in [3.63, 3.8) is 0 Å². The number of carbonyl (C=O) groups is 1. The number of benzene rings is 1. The first kappa shape index (κ1) is 15.9. The van der Waals surface area contributed by atoms with Gasteiger partial charge in [-0.25, -0.2) is 4.98 Å². The van der Waals surface area contributed by atoms with Gasteiger partial charge in [0.05, 0.1) is 12.1 Å². The summed E-state index contributed by atoms with van der Waals surface area (Å²) in [7, 11) is 0. The van der Waals surface area contributed by atoms with Gasteiger partial charge in [0.2, 0.25) is 5.91 Å². The number of carbonyl (C=O) groups excluding carboxylic acids is 1. The highest BCUT2D eigenvalue weighted by molar-refractivity contribution is 7.13. The Labute approximate surface area is 144 Å². The van der Waals surface area contributed by atoms with Gasteiger partial charge in [-0.1, -0.05) is 35.9 Å². The van der Waals surface area contributed by atoms with Crippen LogP contribution < -0.4 is 5.32 Å². The summed E-state index contributed by atoms with van der Waals surface area (Å²) in [6, 6.07) is 12.4. The Morgan fingerprint density at radius 2 is 2.00 bits per heavy atom. The molecule has 2 aromatic heterocycles. The van der Waals surface area contributed by atoms with Gasteiger partial charge in [0.15, 0.2) is 0 Å². The molecule has 1 amide bonds. The van der Waals surface area contributed by atoms with Crippen molar-refractivity contribution in [3.8, 4) is 10.6 Å². The molecule has 0 aliphatic carbocycles. The molecule has 3 rings (SSSR count). The molecule has 0 aliphatic rings. The minimum absolute atomic E-state index is 0.0299. The van der Waals surface area contributed by atoms with E-state index in [2.05, 4.69) is 52.9 Å². The molecular formula is C18H18N2OS2. The van der Waals surface area contributed by atoms with Gasteiger partial charge in [-0.2, -0.15) is 0 Å².